The molecule has 0 aliphatic heterocycles. The van der Waals surface area contributed by atoms with Crippen molar-refractivity contribution in [2.24, 2.45) is 0 Å². The van der Waals surface area contributed by atoms with Crippen molar-refractivity contribution in [3.05, 3.63) is 53.7 Å². The molecule has 1 heterocycles. The standard InChI is InChI=1S/C21H26N2O2S/c1-2-3-4-5-6-9-14-22-19(24)13-16-26-21(25)20-18-11-8-7-10-17(18)12-15-23-20/h7-8,10-13,15-16H,2-6,9,14H2,1H3,(H,22,24)/b16-13-. The predicted molar refractivity (Wildman–Crippen MR) is 109 cm³/mol. The topological polar surface area (TPSA) is 59.1 Å². The van der Waals surface area contributed by atoms with Crippen LogP contribution in [0.15, 0.2) is 48.0 Å². The fourth-order valence-electron chi connectivity index (χ4n) is 2.67. The van der Waals surface area contributed by atoms with Crippen LogP contribution < -0.4 is 5.32 Å². The van der Waals surface area contributed by atoms with E-state index in [0.29, 0.717) is 12.2 Å². The highest BCUT2D eigenvalue weighted by Crippen LogP contribution is 2.21. The third-order valence-corrected chi connectivity index (χ3v) is 4.77. The van der Waals surface area contributed by atoms with E-state index < -0.39 is 0 Å². The number of carbonyl (C=O) groups is 2. The number of benzene rings is 1. The second-order valence-electron chi connectivity index (χ2n) is 6.15. The number of unbranched alkanes of at least 4 members (excludes halogenated alkanes) is 5. The normalized spacial score (nSPS) is 11.1. The average molecular weight is 371 g/mol. The van der Waals surface area contributed by atoms with Crippen molar-refractivity contribution in [2.45, 2.75) is 45.4 Å². The van der Waals surface area contributed by atoms with Gasteiger partial charge in [0.1, 0.15) is 5.69 Å². The molecule has 5 heteroatoms. The molecule has 0 spiro atoms. The first-order valence-electron chi connectivity index (χ1n) is 9.21. The van der Waals surface area contributed by atoms with Gasteiger partial charge in [0, 0.05) is 24.2 Å². The zero-order chi connectivity index (χ0) is 18.6. The van der Waals surface area contributed by atoms with Crippen molar-refractivity contribution in [1.82, 2.24) is 10.3 Å². The van der Waals surface area contributed by atoms with Gasteiger partial charge in [-0.25, -0.2) is 0 Å². The van der Waals surface area contributed by atoms with E-state index in [1.807, 2.05) is 30.3 Å². The first-order chi connectivity index (χ1) is 12.7. The lowest BCUT2D eigenvalue weighted by molar-refractivity contribution is -0.116. The maximum absolute atomic E-state index is 12.3. The van der Waals surface area contributed by atoms with Crippen molar-refractivity contribution in [3.63, 3.8) is 0 Å². The number of pyridine rings is 1. The summed E-state index contributed by atoms with van der Waals surface area (Å²) >= 11 is 0.983. The summed E-state index contributed by atoms with van der Waals surface area (Å²) in [5, 5.41) is 6.02. The molecule has 138 valence electrons. The Kier molecular flexibility index (Phi) is 8.90. The Morgan fingerprint density at radius 1 is 1.08 bits per heavy atom. The number of nitrogens with one attached hydrogen (secondary N) is 1. The van der Waals surface area contributed by atoms with E-state index in [-0.39, 0.29) is 11.0 Å². The molecular formula is C21H26N2O2S. The summed E-state index contributed by atoms with van der Waals surface area (Å²) in [5.41, 5.74) is 0.422. The second-order valence-corrected chi connectivity index (χ2v) is 7.03. The summed E-state index contributed by atoms with van der Waals surface area (Å²) in [5.74, 6) is -0.162. The monoisotopic (exact) mass is 370 g/mol. The minimum absolute atomic E-state index is 0.162. The quantitative estimate of drug-likeness (QED) is 0.467. The molecular weight excluding hydrogens is 344 g/mol. The van der Waals surface area contributed by atoms with Crippen LogP contribution in [0.25, 0.3) is 10.8 Å². The molecule has 2 rings (SSSR count). The molecule has 0 unspecified atom stereocenters. The summed E-state index contributed by atoms with van der Waals surface area (Å²) in [6.07, 6.45) is 10.2. The second kappa shape index (κ2) is 11.5. The largest absolute Gasteiger partial charge is 0.353 e. The van der Waals surface area contributed by atoms with Gasteiger partial charge in [0.05, 0.1) is 0 Å². The molecule has 0 saturated carbocycles. The van der Waals surface area contributed by atoms with Crippen molar-refractivity contribution in [2.75, 3.05) is 6.54 Å². The first-order valence-corrected chi connectivity index (χ1v) is 10.1. The van der Waals surface area contributed by atoms with E-state index in [9.17, 15) is 9.59 Å². The molecule has 0 bridgehead atoms. The van der Waals surface area contributed by atoms with Crippen molar-refractivity contribution in [1.29, 1.82) is 0 Å². The Morgan fingerprint density at radius 3 is 2.69 bits per heavy atom. The number of rotatable bonds is 10. The number of amides is 1. The van der Waals surface area contributed by atoms with Crippen molar-refractivity contribution in [3.8, 4) is 0 Å². The third-order valence-electron chi connectivity index (χ3n) is 4.09. The molecule has 1 N–H and O–H groups in total. The Labute approximate surface area is 159 Å². The molecule has 26 heavy (non-hydrogen) atoms. The van der Waals surface area contributed by atoms with Crippen molar-refractivity contribution >= 4 is 33.6 Å². The van der Waals surface area contributed by atoms with Gasteiger partial charge in [0.15, 0.2) is 0 Å². The molecule has 2 aromatic rings. The highest BCUT2D eigenvalue weighted by Gasteiger charge is 2.10. The van der Waals surface area contributed by atoms with Gasteiger partial charge >= 0.3 is 0 Å². The van der Waals surface area contributed by atoms with Gasteiger partial charge < -0.3 is 5.32 Å². The molecule has 0 fully saturated rings. The summed E-state index contributed by atoms with van der Waals surface area (Å²) < 4.78 is 0. The van der Waals surface area contributed by atoms with Crippen LogP contribution in [0.2, 0.25) is 0 Å². The Morgan fingerprint density at radius 2 is 1.85 bits per heavy atom. The number of nitrogens with zero attached hydrogens (tertiary/aromatic N) is 1. The summed E-state index contributed by atoms with van der Waals surface area (Å²) in [4.78, 5) is 28.3. The van der Waals surface area contributed by atoms with Crippen LogP contribution in [0.1, 0.15) is 55.9 Å². The van der Waals surface area contributed by atoms with Gasteiger partial charge in [-0.3, -0.25) is 14.6 Å². The minimum atomic E-state index is -0.165. The van der Waals surface area contributed by atoms with E-state index >= 15 is 0 Å². The number of carbonyl (C=O) groups excluding carboxylic acids is 2. The molecule has 0 aliphatic carbocycles. The molecule has 0 radical (unpaired) electrons. The van der Waals surface area contributed by atoms with Gasteiger partial charge in [-0.05, 0) is 23.3 Å². The molecule has 1 aromatic carbocycles. The first kappa shape index (κ1) is 20.2. The number of hydrogen-bond donors (Lipinski definition) is 1. The molecule has 0 aliphatic rings. The maximum Gasteiger partial charge on any atom is 0.244 e. The lowest BCUT2D eigenvalue weighted by Crippen LogP contribution is -2.21. The highest BCUT2D eigenvalue weighted by molar-refractivity contribution is 8.16. The summed E-state index contributed by atoms with van der Waals surface area (Å²) in [6.45, 7) is 2.88. The number of aromatic nitrogens is 1. The SMILES string of the molecule is CCCCCCCCNC(=O)/C=C\SC(=O)c1nccc2ccccc12. The fraction of sp³-hybridized carbons (Fsp3) is 0.381. The van der Waals surface area contributed by atoms with Crippen LogP contribution in [-0.4, -0.2) is 22.6 Å². The summed E-state index contributed by atoms with van der Waals surface area (Å²) in [7, 11) is 0. The molecule has 4 nitrogen and oxygen atoms in total. The Balaban J connectivity index is 1.73. The lowest BCUT2D eigenvalue weighted by Gasteiger charge is -2.03. The predicted octanol–water partition coefficient (Wildman–Crippen LogP) is 5.10. The molecule has 1 amide bonds. The highest BCUT2D eigenvalue weighted by atomic mass is 32.2. The van der Waals surface area contributed by atoms with Crippen LogP contribution in [0.4, 0.5) is 0 Å². The third kappa shape index (κ3) is 6.64. The molecule has 0 saturated heterocycles. The van der Waals surface area contributed by atoms with Crippen LogP contribution in [-0.2, 0) is 4.79 Å². The Bertz CT molecular complexity index is 753. The summed E-state index contributed by atoms with van der Waals surface area (Å²) in [6, 6.07) is 9.52. The van der Waals surface area contributed by atoms with Crippen LogP contribution in [0.3, 0.4) is 0 Å². The number of fused-ring (bicyclic) bond motifs is 1. The van der Waals surface area contributed by atoms with Gasteiger partial charge in [-0.2, -0.15) is 0 Å². The zero-order valence-electron chi connectivity index (χ0n) is 15.2. The van der Waals surface area contributed by atoms with E-state index in [2.05, 4.69) is 17.2 Å². The zero-order valence-corrected chi connectivity index (χ0v) is 16.1. The maximum atomic E-state index is 12.3. The fourth-order valence-corrected chi connectivity index (χ4v) is 3.26. The van der Waals surface area contributed by atoms with Crippen LogP contribution in [0, 0.1) is 0 Å². The van der Waals surface area contributed by atoms with Gasteiger partial charge in [-0.15, -0.1) is 0 Å². The van der Waals surface area contributed by atoms with E-state index in [4.69, 9.17) is 0 Å². The van der Waals surface area contributed by atoms with Gasteiger partial charge in [0.25, 0.3) is 0 Å². The van der Waals surface area contributed by atoms with E-state index in [1.165, 1.54) is 37.2 Å². The van der Waals surface area contributed by atoms with Crippen LogP contribution >= 0.6 is 11.8 Å². The van der Waals surface area contributed by atoms with Crippen molar-refractivity contribution < 1.29 is 9.59 Å². The van der Waals surface area contributed by atoms with Gasteiger partial charge in [0.2, 0.25) is 11.0 Å². The minimum Gasteiger partial charge on any atom is -0.353 e. The van der Waals surface area contributed by atoms with Gasteiger partial charge in [-0.1, -0.05) is 75.1 Å². The Hall–Kier alpha value is -2.14. The number of hydrogen-bond acceptors (Lipinski definition) is 4. The smallest absolute Gasteiger partial charge is 0.244 e. The lowest BCUT2D eigenvalue weighted by atomic mass is 10.1. The van der Waals surface area contributed by atoms with E-state index in [1.54, 1.807) is 6.20 Å². The molecule has 1 aromatic heterocycles. The number of thioether (sulfide) groups is 1. The van der Waals surface area contributed by atoms with Crippen LogP contribution in [0.5, 0.6) is 0 Å². The average Bonchev–Trinajstić information content (AvgIpc) is 2.66. The van der Waals surface area contributed by atoms with E-state index in [0.717, 1.165) is 35.4 Å². The molecule has 0 atom stereocenters.